The zero-order valence-electron chi connectivity index (χ0n) is 19.2. The van der Waals surface area contributed by atoms with Crippen molar-refractivity contribution in [2.75, 3.05) is 31.1 Å². The summed E-state index contributed by atoms with van der Waals surface area (Å²) in [4.78, 5) is 38.4. The predicted octanol–water partition coefficient (Wildman–Crippen LogP) is 3.82. The van der Waals surface area contributed by atoms with Crippen LogP contribution in [0.2, 0.25) is 0 Å². The molecule has 1 saturated carbocycles. The van der Waals surface area contributed by atoms with Crippen molar-refractivity contribution in [3.05, 3.63) is 64.3 Å². The van der Waals surface area contributed by atoms with Gasteiger partial charge in [-0.2, -0.15) is 13.2 Å². The Morgan fingerprint density at radius 1 is 1.03 bits per heavy atom. The van der Waals surface area contributed by atoms with Gasteiger partial charge in [0.2, 0.25) is 5.91 Å². The van der Waals surface area contributed by atoms with Crippen molar-refractivity contribution in [2.24, 2.45) is 0 Å². The molecule has 10 heteroatoms. The summed E-state index contributed by atoms with van der Waals surface area (Å²) < 4.78 is 40.2. The highest BCUT2D eigenvalue weighted by Crippen LogP contribution is 2.35. The molecule has 2 aliphatic rings. The van der Waals surface area contributed by atoms with E-state index < -0.39 is 11.7 Å². The van der Waals surface area contributed by atoms with Crippen LogP contribution in [-0.2, 0) is 17.4 Å². The molecule has 2 aromatic heterocycles. The van der Waals surface area contributed by atoms with Gasteiger partial charge in [-0.05, 0) is 43.5 Å². The number of anilines is 1. The van der Waals surface area contributed by atoms with Crippen LogP contribution in [0.3, 0.4) is 0 Å². The number of aromatic nitrogens is 3. The molecule has 1 saturated heterocycles. The maximum atomic E-state index is 13.0. The summed E-state index contributed by atoms with van der Waals surface area (Å²) in [6.07, 6.45) is -0.361. The summed E-state index contributed by atoms with van der Waals surface area (Å²) in [5.41, 5.74) is -0.179. The number of para-hydroxylation sites is 1. The lowest BCUT2D eigenvalue weighted by Crippen LogP contribution is -2.36. The smallest absolute Gasteiger partial charge is 0.355 e. The van der Waals surface area contributed by atoms with Crippen LogP contribution in [0.1, 0.15) is 43.1 Å². The molecule has 35 heavy (non-hydrogen) atoms. The Morgan fingerprint density at radius 2 is 1.83 bits per heavy atom. The van der Waals surface area contributed by atoms with E-state index in [1.165, 1.54) is 6.07 Å². The highest BCUT2D eigenvalue weighted by molar-refractivity contribution is 5.78. The first-order valence-corrected chi connectivity index (χ1v) is 11.9. The van der Waals surface area contributed by atoms with Gasteiger partial charge in [0.25, 0.3) is 5.56 Å². The van der Waals surface area contributed by atoms with Gasteiger partial charge in [-0.15, -0.1) is 0 Å². The number of alkyl halides is 3. The van der Waals surface area contributed by atoms with Crippen molar-refractivity contribution < 1.29 is 18.0 Å². The van der Waals surface area contributed by atoms with Crippen molar-refractivity contribution in [1.82, 2.24) is 19.4 Å². The molecular formula is C25H26F3N5O2. The third-order valence-electron chi connectivity index (χ3n) is 6.60. The summed E-state index contributed by atoms with van der Waals surface area (Å²) in [6.45, 7) is 2.12. The monoisotopic (exact) mass is 485 g/mol. The molecule has 3 heterocycles. The molecule has 1 aliphatic heterocycles. The molecule has 184 valence electrons. The molecule has 0 spiro atoms. The molecule has 0 unspecified atom stereocenters. The first-order chi connectivity index (χ1) is 16.8. The first kappa shape index (κ1) is 23.3. The second-order valence-electron chi connectivity index (χ2n) is 9.08. The van der Waals surface area contributed by atoms with Gasteiger partial charge in [-0.25, -0.2) is 9.97 Å². The lowest BCUT2D eigenvalue weighted by Gasteiger charge is -2.23. The molecule has 1 amide bonds. The van der Waals surface area contributed by atoms with E-state index in [1.54, 1.807) is 15.5 Å². The quantitative estimate of drug-likeness (QED) is 0.550. The van der Waals surface area contributed by atoms with Gasteiger partial charge in [0.1, 0.15) is 11.6 Å². The van der Waals surface area contributed by atoms with E-state index in [-0.39, 0.29) is 23.9 Å². The maximum Gasteiger partial charge on any atom is 0.417 e. The molecule has 3 aromatic rings. The third-order valence-corrected chi connectivity index (χ3v) is 6.60. The minimum atomic E-state index is -4.42. The molecule has 0 radical (unpaired) electrons. The average molecular weight is 486 g/mol. The summed E-state index contributed by atoms with van der Waals surface area (Å²) in [7, 11) is 0. The molecule has 0 bridgehead atoms. The van der Waals surface area contributed by atoms with Crippen LogP contribution in [0.25, 0.3) is 10.9 Å². The van der Waals surface area contributed by atoms with Crippen LogP contribution in [0.4, 0.5) is 19.0 Å². The van der Waals surface area contributed by atoms with E-state index in [9.17, 15) is 22.8 Å². The predicted molar refractivity (Wildman–Crippen MR) is 125 cm³/mol. The highest BCUT2D eigenvalue weighted by atomic mass is 19.4. The number of benzene rings is 1. The second kappa shape index (κ2) is 9.31. The normalized spacial score (nSPS) is 17.0. The zero-order chi connectivity index (χ0) is 24.6. The number of fused-ring (bicyclic) bond motifs is 1. The molecule has 1 aromatic carbocycles. The van der Waals surface area contributed by atoms with Gasteiger partial charge in [0, 0.05) is 51.3 Å². The Balaban J connectivity index is 1.24. The van der Waals surface area contributed by atoms with Gasteiger partial charge >= 0.3 is 6.18 Å². The molecular weight excluding hydrogens is 459 g/mol. The SMILES string of the molecule is O=C(CCc1nc2ccccc2c(=O)n1C1CC1)N1CCCN(c2ccc(C(F)(F)F)cn2)CC1. The molecule has 0 atom stereocenters. The lowest BCUT2D eigenvalue weighted by atomic mass is 10.2. The fourth-order valence-corrected chi connectivity index (χ4v) is 4.59. The number of hydrogen-bond acceptors (Lipinski definition) is 5. The number of carbonyl (C=O) groups is 1. The molecule has 0 N–H and O–H groups in total. The van der Waals surface area contributed by atoms with E-state index in [0.717, 1.165) is 25.1 Å². The van der Waals surface area contributed by atoms with Crippen LogP contribution in [-0.4, -0.2) is 51.5 Å². The Hall–Kier alpha value is -3.43. The van der Waals surface area contributed by atoms with Crippen LogP contribution in [0, 0.1) is 0 Å². The van der Waals surface area contributed by atoms with E-state index >= 15 is 0 Å². The van der Waals surface area contributed by atoms with Crippen molar-refractivity contribution in [1.29, 1.82) is 0 Å². The number of aryl methyl sites for hydroxylation is 1. The minimum absolute atomic E-state index is 0.0167. The summed E-state index contributed by atoms with van der Waals surface area (Å²) >= 11 is 0. The van der Waals surface area contributed by atoms with E-state index in [2.05, 4.69) is 4.98 Å². The number of carbonyl (C=O) groups excluding carboxylic acids is 1. The summed E-state index contributed by atoms with van der Waals surface area (Å²) in [5, 5.41) is 0.596. The van der Waals surface area contributed by atoms with Gasteiger partial charge in [-0.3, -0.25) is 14.2 Å². The summed E-state index contributed by atoms with van der Waals surface area (Å²) in [5.74, 6) is 1.10. The standard InChI is InChI=1S/C25H26F3N5O2/c26-25(27,28)17-6-9-21(29-16-17)31-12-3-13-32(15-14-31)23(34)11-10-22-30-20-5-2-1-4-19(20)24(35)33(22)18-7-8-18/h1-2,4-6,9,16,18H,3,7-8,10-15H2. The topological polar surface area (TPSA) is 71.3 Å². The third kappa shape index (κ3) is 5.01. The van der Waals surface area contributed by atoms with Crippen LogP contribution in [0.15, 0.2) is 47.4 Å². The number of rotatable bonds is 5. The van der Waals surface area contributed by atoms with Crippen LogP contribution in [0.5, 0.6) is 0 Å². The van der Waals surface area contributed by atoms with E-state index in [1.807, 2.05) is 23.1 Å². The minimum Gasteiger partial charge on any atom is -0.355 e. The molecule has 1 aliphatic carbocycles. The van der Waals surface area contributed by atoms with Crippen molar-refractivity contribution in [3.8, 4) is 0 Å². The van der Waals surface area contributed by atoms with Gasteiger partial charge in [0.05, 0.1) is 16.5 Å². The zero-order valence-corrected chi connectivity index (χ0v) is 19.2. The number of pyridine rings is 1. The number of halogens is 3. The van der Waals surface area contributed by atoms with Gasteiger partial charge in [0.15, 0.2) is 0 Å². The van der Waals surface area contributed by atoms with Crippen LogP contribution >= 0.6 is 0 Å². The molecule has 7 nitrogen and oxygen atoms in total. The van der Waals surface area contributed by atoms with Gasteiger partial charge in [-0.1, -0.05) is 12.1 Å². The molecule has 5 rings (SSSR count). The number of amides is 1. The Bertz CT molecular complexity index is 1280. The van der Waals surface area contributed by atoms with Crippen molar-refractivity contribution in [3.63, 3.8) is 0 Å². The van der Waals surface area contributed by atoms with E-state index in [0.29, 0.717) is 61.6 Å². The largest absolute Gasteiger partial charge is 0.417 e. The Labute approximate surface area is 200 Å². The van der Waals surface area contributed by atoms with Crippen molar-refractivity contribution >= 4 is 22.6 Å². The van der Waals surface area contributed by atoms with E-state index in [4.69, 9.17) is 4.98 Å². The number of nitrogens with zero attached hydrogens (tertiary/aromatic N) is 5. The first-order valence-electron chi connectivity index (χ1n) is 11.9. The van der Waals surface area contributed by atoms with Crippen LogP contribution < -0.4 is 10.5 Å². The fourth-order valence-electron chi connectivity index (χ4n) is 4.59. The summed E-state index contributed by atoms with van der Waals surface area (Å²) in [6, 6.07) is 9.85. The average Bonchev–Trinajstić information content (AvgIpc) is 3.69. The fraction of sp³-hybridized carbons (Fsp3) is 0.440. The lowest BCUT2D eigenvalue weighted by molar-refractivity contribution is -0.137. The van der Waals surface area contributed by atoms with Gasteiger partial charge < -0.3 is 9.80 Å². The number of hydrogen-bond donors (Lipinski definition) is 0. The molecule has 2 fully saturated rings. The maximum absolute atomic E-state index is 13.0. The second-order valence-corrected chi connectivity index (χ2v) is 9.08. The Morgan fingerprint density at radius 3 is 2.54 bits per heavy atom. The highest BCUT2D eigenvalue weighted by Gasteiger charge is 2.31. The van der Waals surface area contributed by atoms with Crippen molar-refractivity contribution in [2.45, 2.75) is 44.3 Å². The Kier molecular flexibility index (Phi) is 6.21.